The molecular formula is C13H22N2O3. The van der Waals surface area contributed by atoms with Crippen LogP contribution in [0, 0.1) is 5.92 Å². The standard InChI is InChI=1S/C13H22N2O3/c1-3-13(2)12(17)15(8-11(16)14-13)7-10-5-4-6-18-9-10/h10H,3-9H2,1-2H3,(H,14,16). The third-order valence-electron chi connectivity index (χ3n) is 3.95. The van der Waals surface area contributed by atoms with Gasteiger partial charge in [-0.3, -0.25) is 9.59 Å². The first-order valence-electron chi connectivity index (χ1n) is 6.73. The second-order valence-electron chi connectivity index (χ2n) is 5.50. The number of piperazine rings is 1. The van der Waals surface area contributed by atoms with E-state index in [2.05, 4.69) is 5.32 Å². The van der Waals surface area contributed by atoms with Gasteiger partial charge >= 0.3 is 0 Å². The fourth-order valence-corrected chi connectivity index (χ4v) is 2.64. The summed E-state index contributed by atoms with van der Waals surface area (Å²) in [5.41, 5.74) is -0.731. The van der Waals surface area contributed by atoms with Crippen molar-refractivity contribution in [3.05, 3.63) is 0 Å². The summed E-state index contributed by atoms with van der Waals surface area (Å²) in [7, 11) is 0. The lowest BCUT2D eigenvalue weighted by Crippen LogP contribution is -2.65. The van der Waals surface area contributed by atoms with Crippen LogP contribution in [0.15, 0.2) is 0 Å². The van der Waals surface area contributed by atoms with Crippen molar-refractivity contribution in [2.75, 3.05) is 26.3 Å². The van der Waals surface area contributed by atoms with Gasteiger partial charge in [-0.05, 0) is 32.1 Å². The van der Waals surface area contributed by atoms with E-state index in [4.69, 9.17) is 4.74 Å². The van der Waals surface area contributed by atoms with E-state index in [1.54, 1.807) is 11.8 Å². The molecule has 0 aromatic carbocycles. The lowest BCUT2D eigenvalue weighted by Gasteiger charge is -2.41. The first-order chi connectivity index (χ1) is 8.55. The zero-order chi connectivity index (χ0) is 13.2. The van der Waals surface area contributed by atoms with Crippen LogP contribution in [0.2, 0.25) is 0 Å². The molecule has 0 aromatic heterocycles. The number of ether oxygens (including phenoxy) is 1. The molecule has 2 aliphatic heterocycles. The molecule has 2 amide bonds. The second kappa shape index (κ2) is 5.26. The van der Waals surface area contributed by atoms with Crippen molar-refractivity contribution >= 4 is 11.8 Å². The minimum Gasteiger partial charge on any atom is -0.381 e. The molecule has 2 aliphatic rings. The van der Waals surface area contributed by atoms with E-state index in [9.17, 15) is 9.59 Å². The van der Waals surface area contributed by atoms with E-state index in [1.807, 2.05) is 6.92 Å². The molecule has 5 heteroatoms. The highest BCUT2D eigenvalue weighted by molar-refractivity contribution is 5.97. The maximum Gasteiger partial charge on any atom is 0.248 e. The van der Waals surface area contributed by atoms with E-state index in [0.29, 0.717) is 25.5 Å². The van der Waals surface area contributed by atoms with Crippen LogP contribution in [0.1, 0.15) is 33.1 Å². The summed E-state index contributed by atoms with van der Waals surface area (Å²) in [4.78, 5) is 25.8. The fraction of sp³-hybridized carbons (Fsp3) is 0.846. The molecule has 0 radical (unpaired) electrons. The minimum atomic E-state index is -0.731. The van der Waals surface area contributed by atoms with Crippen molar-refractivity contribution in [2.24, 2.45) is 5.92 Å². The highest BCUT2D eigenvalue weighted by atomic mass is 16.5. The van der Waals surface area contributed by atoms with E-state index in [-0.39, 0.29) is 18.4 Å². The maximum atomic E-state index is 12.4. The molecule has 5 nitrogen and oxygen atoms in total. The molecule has 0 saturated carbocycles. The van der Waals surface area contributed by atoms with Crippen LogP contribution in [0.3, 0.4) is 0 Å². The van der Waals surface area contributed by atoms with Crippen LogP contribution in [-0.4, -0.2) is 48.6 Å². The smallest absolute Gasteiger partial charge is 0.248 e. The van der Waals surface area contributed by atoms with Crippen LogP contribution in [0.5, 0.6) is 0 Å². The zero-order valence-electron chi connectivity index (χ0n) is 11.2. The molecule has 18 heavy (non-hydrogen) atoms. The summed E-state index contributed by atoms with van der Waals surface area (Å²) in [6, 6.07) is 0. The predicted octanol–water partition coefficient (Wildman–Crippen LogP) is 0.540. The molecule has 2 fully saturated rings. The highest BCUT2D eigenvalue weighted by Crippen LogP contribution is 2.21. The monoisotopic (exact) mass is 254 g/mol. The number of carbonyl (C=O) groups excluding carboxylic acids is 2. The molecule has 0 aliphatic carbocycles. The van der Waals surface area contributed by atoms with Gasteiger partial charge in [-0.2, -0.15) is 0 Å². The van der Waals surface area contributed by atoms with Crippen molar-refractivity contribution in [1.29, 1.82) is 0 Å². The first kappa shape index (κ1) is 13.3. The first-order valence-corrected chi connectivity index (χ1v) is 6.73. The largest absolute Gasteiger partial charge is 0.381 e. The summed E-state index contributed by atoms with van der Waals surface area (Å²) in [5, 5.41) is 2.80. The lowest BCUT2D eigenvalue weighted by molar-refractivity contribution is -0.150. The summed E-state index contributed by atoms with van der Waals surface area (Å²) < 4.78 is 5.43. The van der Waals surface area contributed by atoms with Gasteiger partial charge in [0.05, 0.1) is 13.2 Å². The molecule has 2 heterocycles. The Morgan fingerprint density at radius 3 is 2.89 bits per heavy atom. The van der Waals surface area contributed by atoms with Crippen molar-refractivity contribution in [1.82, 2.24) is 10.2 Å². The summed E-state index contributed by atoms with van der Waals surface area (Å²) >= 11 is 0. The molecule has 2 saturated heterocycles. The van der Waals surface area contributed by atoms with Crippen LogP contribution in [0.25, 0.3) is 0 Å². The van der Waals surface area contributed by atoms with Gasteiger partial charge in [0, 0.05) is 13.2 Å². The van der Waals surface area contributed by atoms with Crippen LogP contribution < -0.4 is 5.32 Å². The summed E-state index contributed by atoms with van der Waals surface area (Å²) in [5.74, 6) is 0.348. The molecular weight excluding hydrogens is 232 g/mol. The zero-order valence-corrected chi connectivity index (χ0v) is 11.2. The van der Waals surface area contributed by atoms with Crippen LogP contribution in [0.4, 0.5) is 0 Å². The van der Waals surface area contributed by atoms with Gasteiger partial charge in [0.1, 0.15) is 5.54 Å². The summed E-state index contributed by atoms with van der Waals surface area (Å²) in [6.45, 7) is 6.07. The van der Waals surface area contributed by atoms with Crippen molar-refractivity contribution in [2.45, 2.75) is 38.6 Å². The Bertz CT molecular complexity index is 339. The Morgan fingerprint density at radius 2 is 2.28 bits per heavy atom. The Hall–Kier alpha value is -1.10. The molecule has 0 bridgehead atoms. The number of hydrogen-bond donors (Lipinski definition) is 1. The van der Waals surface area contributed by atoms with Gasteiger partial charge in [0.15, 0.2) is 0 Å². The van der Waals surface area contributed by atoms with E-state index >= 15 is 0 Å². The van der Waals surface area contributed by atoms with Gasteiger partial charge in [-0.15, -0.1) is 0 Å². The Balaban J connectivity index is 2.02. The van der Waals surface area contributed by atoms with Crippen LogP contribution >= 0.6 is 0 Å². The number of carbonyl (C=O) groups is 2. The molecule has 1 N–H and O–H groups in total. The average Bonchev–Trinajstić information content (AvgIpc) is 2.37. The van der Waals surface area contributed by atoms with E-state index in [0.717, 1.165) is 19.4 Å². The van der Waals surface area contributed by atoms with Crippen molar-refractivity contribution in [3.8, 4) is 0 Å². The third-order valence-corrected chi connectivity index (χ3v) is 3.95. The molecule has 2 atom stereocenters. The van der Waals surface area contributed by atoms with Gasteiger partial charge in [0.2, 0.25) is 11.8 Å². The highest BCUT2D eigenvalue weighted by Gasteiger charge is 2.42. The predicted molar refractivity (Wildman–Crippen MR) is 67.0 cm³/mol. The molecule has 0 aromatic rings. The number of nitrogens with one attached hydrogen (secondary N) is 1. The van der Waals surface area contributed by atoms with Gasteiger partial charge in [-0.1, -0.05) is 6.92 Å². The lowest BCUT2D eigenvalue weighted by atomic mass is 9.93. The maximum absolute atomic E-state index is 12.4. The fourth-order valence-electron chi connectivity index (χ4n) is 2.64. The molecule has 102 valence electrons. The number of nitrogens with zero attached hydrogens (tertiary/aromatic N) is 1. The minimum absolute atomic E-state index is 0.0372. The molecule has 2 rings (SSSR count). The second-order valence-corrected chi connectivity index (χ2v) is 5.50. The molecule has 2 unspecified atom stereocenters. The molecule has 0 spiro atoms. The van der Waals surface area contributed by atoms with Gasteiger partial charge in [-0.25, -0.2) is 0 Å². The average molecular weight is 254 g/mol. The quantitative estimate of drug-likeness (QED) is 0.799. The summed E-state index contributed by atoms with van der Waals surface area (Å²) in [6.07, 6.45) is 2.74. The van der Waals surface area contributed by atoms with E-state index in [1.165, 1.54) is 0 Å². The van der Waals surface area contributed by atoms with Gasteiger partial charge in [0.25, 0.3) is 0 Å². The normalized spacial score (nSPS) is 33.4. The van der Waals surface area contributed by atoms with Crippen molar-refractivity contribution < 1.29 is 14.3 Å². The van der Waals surface area contributed by atoms with Crippen LogP contribution in [-0.2, 0) is 14.3 Å². The number of rotatable bonds is 3. The SMILES string of the molecule is CCC1(C)NC(=O)CN(CC2CCCOC2)C1=O. The third kappa shape index (κ3) is 2.66. The Labute approximate surface area is 108 Å². The number of hydrogen-bond acceptors (Lipinski definition) is 3. The van der Waals surface area contributed by atoms with Crippen molar-refractivity contribution in [3.63, 3.8) is 0 Å². The number of amides is 2. The topological polar surface area (TPSA) is 58.6 Å². The van der Waals surface area contributed by atoms with E-state index < -0.39 is 5.54 Å². The Kier molecular flexibility index (Phi) is 3.90. The Morgan fingerprint density at radius 1 is 1.50 bits per heavy atom. The van der Waals surface area contributed by atoms with Gasteiger partial charge < -0.3 is 15.0 Å².